The SMILES string of the molecule is CC(Nc1cc(Cl)ccc1F)c1cc(Cl)ccc1Cl. The molecule has 1 N–H and O–H groups in total. The van der Waals surface area contributed by atoms with Crippen molar-refractivity contribution in [3.8, 4) is 0 Å². The second-order valence-electron chi connectivity index (χ2n) is 4.16. The molecule has 1 nitrogen and oxygen atoms in total. The zero-order valence-electron chi connectivity index (χ0n) is 10.1. The molecule has 0 fully saturated rings. The highest BCUT2D eigenvalue weighted by Crippen LogP contribution is 2.30. The van der Waals surface area contributed by atoms with Crippen LogP contribution in [0.2, 0.25) is 15.1 Å². The molecule has 0 saturated heterocycles. The zero-order valence-corrected chi connectivity index (χ0v) is 12.3. The minimum absolute atomic E-state index is 0.195. The first-order valence-corrected chi connectivity index (χ1v) is 6.77. The highest BCUT2D eigenvalue weighted by Gasteiger charge is 2.12. The molecular weight excluding hydrogens is 308 g/mol. The van der Waals surface area contributed by atoms with Gasteiger partial charge in [0.05, 0.1) is 11.7 Å². The summed E-state index contributed by atoms with van der Waals surface area (Å²) in [4.78, 5) is 0. The maximum absolute atomic E-state index is 13.6. The molecule has 0 heterocycles. The van der Waals surface area contributed by atoms with Gasteiger partial charge in [0.1, 0.15) is 5.82 Å². The van der Waals surface area contributed by atoms with Gasteiger partial charge in [-0.1, -0.05) is 34.8 Å². The van der Waals surface area contributed by atoms with Crippen molar-refractivity contribution in [1.29, 1.82) is 0 Å². The maximum Gasteiger partial charge on any atom is 0.146 e. The molecule has 0 aliphatic heterocycles. The minimum atomic E-state index is -0.366. The third-order valence-electron chi connectivity index (χ3n) is 2.72. The minimum Gasteiger partial charge on any atom is -0.376 e. The second-order valence-corrected chi connectivity index (χ2v) is 5.44. The Morgan fingerprint density at radius 2 is 1.63 bits per heavy atom. The number of halogens is 4. The van der Waals surface area contributed by atoms with Gasteiger partial charge in [-0.3, -0.25) is 0 Å². The van der Waals surface area contributed by atoms with Gasteiger partial charge < -0.3 is 5.32 Å². The fraction of sp³-hybridized carbons (Fsp3) is 0.143. The van der Waals surface area contributed by atoms with Gasteiger partial charge in [0, 0.05) is 15.1 Å². The molecule has 100 valence electrons. The first kappa shape index (κ1) is 14.4. The fourth-order valence-electron chi connectivity index (χ4n) is 1.77. The van der Waals surface area contributed by atoms with Crippen LogP contribution in [-0.2, 0) is 0 Å². The summed E-state index contributed by atoms with van der Waals surface area (Å²) in [5, 5.41) is 4.66. The van der Waals surface area contributed by atoms with E-state index in [0.29, 0.717) is 20.8 Å². The molecule has 0 amide bonds. The van der Waals surface area contributed by atoms with Gasteiger partial charge in [-0.15, -0.1) is 0 Å². The number of hydrogen-bond acceptors (Lipinski definition) is 1. The zero-order chi connectivity index (χ0) is 14.0. The lowest BCUT2D eigenvalue weighted by Crippen LogP contribution is -2.08. The van der Waals surface area contributed by atoms with E-state index < -0.39 is 0 Å². The lowest BCUT2D eigenvalue weighted by atomic mass is 10.1. The van der Waals surface area contributed by atoms with E-state index in [4.69, 9.17) is 34.8 Å². The standard InChI is InChI=1S/C14H11Cl3FN/c1-8(11-6-9(15)2-4-12(11)17)19-14-7-10(16)3-5-13(14)18/h2-8,19H,1H3. The van der Waals surface area contributed by atoms with E-state index in [0.717, 1.165) is 5.56 Å². The van der Waals surface area contributed by atoms with Gasteiger partial charge >= 0.3 is 0 Å². The van der Waals surface area contributed by atoms with Crippen LogP contribution < -0.4 is 5.32 Å². The van der Waals surface area contributed by atoms with Crippen molar-refractivity contribution >= 4 is 40.5 Å². The predicted octanol–water partition coefficient (Wildman–Crippen LogP) is 5.96. The van der Waals surface area contributed by atoms with Gasteiger partial charge in [-0.2, -0.15) is 0 Å². The van der Waals surface area contributed by atoms with Crippen LogP contribution in [0, 0.1) is 5.82 Å². The average Bonchev–Trinajstić information content (AvgIpc) is 2.36. The molecule has 19 heavy (non-hydrogen) atoms. The van der Waals surface area contributed by atoms with E-state index in [9.17, 15) is 4.39 Å². The van der Waals surface area contributed by atoms with E-state index in [1.54, 1.807) is 18.2 Å². The van der Waals surface area contributed by atoms with Crippen molar-refractivity contribution in [3.63, 3.8) is 0 Å². The van der Waals surface area contributed by atoms with E-state index in [1.165, 1.54) is 18.2 Å². The number of nitrogens with one attached hydrogen (secondary N) is 1. The molecule has 2 aromatic carbocycles. The Labute approximate surface area is 126 Å². The Balaban J connectivity index is 2.27. The summed E-state index contributed by atoms with van der Waals surface area (Å²) < 4.78 is 13.6. The summed E-state index contributed by atoms with van der Waals surface area (Å²) >= 11 is 17.9. The Kier molecular flexibility index (Phi) is 4.56. The molecular formula is C14H11Cl3FN. The fourth-order valence-corrected chi connectivity index (χ4v) is 2.40. The monoisotopic (exact) mass is 317 g/mol. The van der Waals surface area contributed by atoms with Crippen LogP contribution in [0.15, 0.2) is 36.4 Å². The highest BCUT2D eigenvalue weighted by atomic mass is 35.5. The van der Waals surface area contributed by atoms with E-state index in [2.05, 4.69) is 5.32 Å². The molecule has 1 atom stereocenters. The van der Waals surface area contributed by atoms with Crippen LogP contribution in [-0.4, -0.2) is 0 Å². The first-order chi connectivity index (χ1) is 8.97. The van der Waals surface area contributed by atoms with Crippen LogP contribution in [0.1, 0.15) is 18.5 Å². The molecule has 0 aromatic heterocycles. The van der Waals surface area contributed by atoms with Crippen LogP contribution in [0.3, 0.4) is 0 Å². The topological polar surface area (TPSA) is 12.0 Å². The van der Waals surface area contributed by atoms with Gasteiger partial charge in [0.15, 0.2) is 0 Å². The lowest BCUT2D eigenvalue weighted by Gasteiger charge is -2.18. The quantitative estimate of drug-likeness (QED) is 0.736. The first-order valence-electron chi connectivity index (χ1n) is 5.64. The van der Waals surface area contributed by atoms with Gasteiger partial charge in [-0.25, -0.2) is 4.39 Å². The third-order valence-corrected chi connectivity index (χ3v) is 3.54. The lowest BCUT2D eigenvalue weighted by molar-refractivity contribution is 0.627. The van der Waals surface area contributed by atoms with Crippen LogP contribution in [0.25, 0.3) is 0 Å². The Morgan fingerprint density at radius 3 is 2.37 bits per heavy atom. The molecule has 2 aromatic rings. The number of benzene rings is 2. The summed E-state index contributed by atoms with van der Waals surface area (Å²) in [5.74, 6) is -0.366. The molecule has 2 rings (SSSR count). The highest BCUT2D eigenvalue weighted by molar-refractivity contribution is 6.33. The van der Waals surface area contributed by atoms with Crippen LogP contribution in [0.5, 0.6) is 0 Å². The smallest absolute Gasteiger partial charge is 0.146 e. The molecule has 0 saturated carbocycles. The van der Waals surface area contributed by atoms with Gasteiger partial charge in [-0.05, 0) is 48.9 Å². The summed E-state index contributed by atoms with van der Waals surface area (Å²) in [6, 6.07) is 9.33. The van der Waals surface area contributed by atoms with Crippen LogP contribution >= 0.6 is 34.8 Å². The molecule has 0 aliphatic carbocycles. The molecule has 0 aliphatic rings. The summed E-state index contributed by atoms with van der Waals surface area (Å²) in [7, 11) is 0. The predicted molar refractivity (Wildman–Crippen MR) is 79.9 cm³/mol. The Morgan fingerprint density at radius 1 is 1.00 bits per heavy atom. The third kappa shape index (κ3) is 3.53. The van der Waals surface area contributed by atoms with Crippen molar-refractivity contribution in [2.75, 3.05) is 5.32 Å². The van der Waals surface area contributed by atoms with Crippen LogP contribution in [0.4, 0.5) is 10.1 Å². The largest absolute Gasteiger partial charge is 0.376 e. The molecule has 0 bridgehead atoms. The normalized spacial score (nSPS) is 12.3. The Hall–Kier alpha value is -0.960. The summed E-state index contributed by atoms with van der Waals surface area (Å²) in [6.45, 7) is 1.87. The average molecular weight is 319 g/mol. The van der Waals surface area contributed by atoms with E-state index >= 15 is 0 Å². The van der Waals surface area contributed by atoms with E-state index in [1.807, 2.05) is 6.92 Å². The Bertz CT molecular complexity index is 601. The summed E-state index contributed by atoms with van der Waals surface area (Å²) in [6.07, 6.45) is 0. The van der Waals surface area contributed by atoms with Crippen molar-refractivity contribution in [2.24, 2.45) is 0 Å². The van der Waals surface area contributed by atoms with Crippen molar-refractivity contribution in [2.45, 2.75) is 13.0 Å². The second kappa shape index (κ2) is 6.00. The van der Waals surface area contributed by atoms with Crippen molar-refractivity contribution < 1.29 is 4.39 Å². The van der Waals surface area contributed by atoms with Crippen molar-refractivity contribution in [1.82, 2.24) is 0 Å². The van der Waals surface area contributed by atoms with Gasteiger partial charge in [0.2, 0.25) is 0 Å². The van der Waals surface area contributed by atoms with Crippen molar-refractivity contribution in [3.05, 3.63) is 62.8 Å². The molecule has 0 spiro atoms. The molecule has 1 unspecified atom stereocenters. The maximum atomic E-state index is 13.6. The number of hydrogen-bond donors (Lipinski definition) is 1. The summed E-state index contributed by atoms with van der Waals surface area (Å²) in [5.41, 5.74) is 1.13. The molecule has 5 heteroatoms. The number of rotatable bonds is 3. The molecule has 0 radical (unpaired) electrons. The number of anilines is 1. The van der Waals surface area contributed by atoms with Gasteiger partial charge in [0.25, 0.3) is 0 Å². The van der Waals surface area contributed by atoms with E-state index in [-0.39, 0.29) is 11.9 Å².